The smallest absolute Gasteiger partial charge is 0.119 e. The fourth-order valence-corrected chi connectivity index (χ4v) is 3.04. The van der Waals surface area contributed by atoms with E-state index in [1.807, 2.05) is 12.1 Å². The van der Waals surface area contributed by atoms with Gasteiger partial charge in [0.2, 0.25) is 0 Å². The predicted molar refractivity (Wildman–Crippen MR) is 97.8 cm³/mol. The van der Waals surface area contributed by atoms with Crippen molar-refractivity contribution >= 4 is 0 Å². The number of rotatable bonds is 11. The molecule has 0 saturated carbocycles. The van der Waals surface area contributed by atoms with E-state index < -0.39 is 0 Å². The van der Waals surface area contributed by atoms with Crippen molar-refractivity contribution in [2.45, 2.75) is 46.5 Å². The van der Waals surface area contributed by atoms with E-state index in [0.717, 1.165) is 12.2 Å². The van der Waals surface area contributed by atoms with E-state index in [9.17, 15) is 0 Å². The molecule has 0 amide bonds. The van der Waals surface area contributed by atoms with E-state index >= 15 is 0 Å². The van der Waals surface area contributed by atoms with Crippen LogP contribution in [0.4, 0.5) is 0 Å². The summed E-state index contributed by atoms with van der Waals surface area (Å²) < 4.78 is 16.2. The van der Waals surface area contributed by atoms with Crippen LogP contribution in [0.2, 0.25) is 0 Å². The first kappa shape index (κ1) is 20.9. The van der Waals surface area contributed by atoms with Crippen molar-refractivity contribution in [2.24, 2.45) is 5.41 Å². The first-order chi connectivity index (χ1) is 11.2. The van der Waals surface area contributed by atoms with E-state index in [1.54, 1.807) is 0 Å². The SMILES string of the molecule is CC(C)(C)CC(C)(C)c1ccc(OCCOCCOCCO)cc1. The Morgan fingerprint density at radius 2 is 1.33 bits per heavy atom. The highest BCUT2D eigenvalue weighted by molar-refractivity contribution is 5.31. The molecule has 4 nitrogen and oxygen atoms in total. The molecule has 138 valence electrons. The van der Waals surface area contributed by atoms with E-state index in [0.29, 0.717) is 38.4 Å². The van der Waals surface area contributed by atoms with Crippen molar-refractivity contribution < 1.29 is 19.3 Å². The standard InChI is InChI=1S/C20H34O4/c1-19(2,3)16-20(4,5)17-6-8-18(9-7-17)24-15-14-23-13-12-22-11-10-21/h6-9,21H,10-16H2,1-5H3. The summed E-state index contributed by atoms with van der Waals surface area (Å²) in [6, 6.07) is 8.38. The fourth-order valence-electron chi connectivity index (χ4n) is 3.04. The minimum Gasteiger partial charge on any atom is -0.491 e. The lowest BCUT2D eigenvalue weighted by atomic mass is 9.72. The molecule has 0 unspecified atom stereocenters. The largest absolute Gasteiger partial charge is 0.491 e. The van der Waals surface area contributed by atoms with Crippen LogP contribution in [-0.2, 0) is 14.9 Å². The van der Waals surface area contributed by atoms with Crippen LogP contribution in [0, 0.1) is 5.41 Å². The molecule has 0 aliphatic heterocycles. The monoisotopic (exact) mass is 338 g/mol. The molecule has 0 radical (unpaired) electrons. The van der Waals surface area contributed by atoms with E-state index in [2.05, 4.69) is 46.8 Å². The molecule has 0 bridgehead atoms. The molecular formula is C20H34O4. The minimum atomic E-state index is 0.0473. The summed E-state index contributed by atoms with van der Waals surface area (Å²) in [4.78, 5) is 0. The van der Waals surface area contributed by atoms with Crippen molar-refractivity contribution in [2.75, 3.05) is 39.6 Å². The Labute approximate surface area is 147 Å². The van der Waals surface area contributed by atoms with Crippen LogP contribution in [0.1, 0.15) is 46.6 Å². The molecule has 1 rings (SSSR count). The summed E-state index contributed by atoms with van der Waals surface area (Å²) in [5, 5.41) is 8.57. The molecular weight excluding hydrogens is 304 g/mol. The first-order valence-electron chi connectivity index (χ1n) is 8.74. The molecule has 0 heterocycles. The van der Waals surface area contributed by atoms with Crippen LogP contribution < -0.4 is 4.74 Å². The maximum absolute atomic E-state index is 8.57. The van der Waals surface area contributed by atoms with Gasteiger partial charge in [-0.3, -0.25) is 0 Å². The lowest BCUT2D eigenvalue weighted by Gasteiger charge is -2.33. The quantitative estimate of drug-likeness (QED) is 0.623. The molecule has 4 heteroatoms. The number of hydrogen-bond donors (Lipinski definition) is 1. The van der Waals surface area contributed by atoms with Gasteiger partial charge in [-0.1, -0.05) is 46.8 Å². The van der Waals surface area contributed by atoms with Gasteiger partial charge in [0.15, 0.2) is 0 Å². The Morgan fingerprint density at radius 3 is 1.88 bits per heavy atom. The molecule has 1 aromatic rings. The summed E-state index contributed by atoms with van der Waals surface area (Å²) in [6.45, 7) is 13.9. The third kappa shape index (κ3) is 8.67. The zero-order chi connectivity index (χ0) is 18.1. The van der Waals surface area contributed by atoms with Crippen molar-refractivity contribution in [1.82, 2.24) is 0 Å². The third-order valence-electron chi connectivity index (χ3n) is 3.71. The summed E-state index contributed by atoms with van der Waals surface area (Å²) in [5.41, 5.74) is 1.79. The second-order valence-corrected chi connectivity index (χ2v) is 7.94. The Bertz CT molecular complexity index is 446. The Morgan fingerprint density at radius 1 is 0.792 bits per heavy atom. The minimum absolute atomic E-state index is 0.0473. The zero-order valence-corrected chi connectivity index (χ0v) is 15.9. The van der Waals surface area contributed by atoms with Crippen LogP contribution in [0.5, 0.6) is 5.75 Å². The maximum atomic E-state index is 8.57. The van der Waals surface area contributed by atoms with Crippen molar-refractivity contribution in [3.63, 3.8) is 0 Å². The number of aliphatic hydroxyl groups excluding tert-OH is 1. The normalized spacial score (nSPS) is 12.4. The van der Waals surface area contributed by atoms with Gasteiger partial charge in [-0.25, -0.2) is 0 Å². The molecule has 0 spiro atoms. The molecule has 1 N–H and O–H groups in total. The molecule has 0 atom stereocenters. The molecule has 0 fully saturated rings. The number of aliphatic hydroxyl groups is 1. The molecule has 1 aromatic carbocycles. The Balaban J connectivity index is 2.32. The fraction of sp³-hybridized carbons (Fsp3) is 0.700. The summed E-state index contributed by atoms with van der Waals surface area (Å²) in [6.07, 6.45) is 1.13. The molecule has 0 aromatic heterocycles. The average Bonchev–Trinajstić information content (AvgIpc) is 2.48. The van der Waals surface area contributed by atoms with E-state index in [-0.39, 0.29) is 12.0 Å². The lowest BCUT2D eigenvalue weighted by molar-refractivity contribution is 0.0247. The van der Waals surface area contributed by atoms with Gasteiger partial charge in [-0.15, -0.1) is 0 Å². The van der Waals surface area contributed by atoms with Gasteiger partial charge in [0.25, 0.3) is 0 Å². The highest BCUT2D eigenvalue weighted by Gasteiger charge is 2.27. The van der Waals surface area contributed by atoms with E-state index in [1.165, 1.54) is 5.56 Å². The molecule has 0 aliphatic carbocycles. The highest BCUT2D eigenvalue weighted by atomic mass is 16.5. The summed E-state index contributed by atoms with van der Waals surface area (Å²) in [5.74, 6) is 0.866. The first-order valence-corrected chi connectivity index (χ1v) is 8.74. The zero-order valence-electron chi connectivity index (χ0n) is 15.9. The number of benzene rings is 1. The van der Waals surface area contributed by atoms with Gasteiger partial charge in [0.1, 0.15) is 12.4 Å². The average molecular weight is 338 g/mol. The summed E-state index contributed by atoms with van der Waals surface area (Å²) in [7, 11) is 0. The Hall–Kier alpha value is -1.10. The lowest BCUT2D eigenvalue weighted by Crippen LogP contribution is -2.24. The summed E-state index contributed by atoms with van der Waals surface area (Å²) >= 11 is 0. The number of hydrogen-bond acceptors (Lipinski definition) is 4. The Kier molecular flexibility index (Phi) is 8.74. The van der Waals surface area contributed by atoms with Gasteiger partial charge in [-0.05, 0) is 34.9 Å². The van der Waals surface area contributed by atoms with Crippen molar-refractivity contribution in [3.05, 3.63) is 29.8 Å². The van der Waals surface area contributed by atoms with Crippen molar-refractivity contribution in [3.8, 4) is 5.75 Å². The highest BCUT2D eigenvalue weighted by Crippen LogP contribution is 2.36. The second kappa shape index (κ2) is 10.0. The van der Waals surface area contributed by atoms with Crippen LogP contribution in [-0.4, -0.2) is 44.7 Å². The van der Waals surface area contributed by atoms with Gasteiger partial charge < -0.3 is 19.3 Å². The van der Waals surface area contributed by atoms with Crippen LogP contribution in [0.15, 0.2) is 24.3 Å². The van der Waals surface area contributed by atoms with Crippen LogP contribution in [0.3, 0.4) is 0 Å². The van der Waals surface area contributed by atoms with Crippen molar-refractivity contribution in [1.29, 1.82) is 0 Å². The van der Waals surface area contributed by atoms with Gasteiger partial charge in [-0.2, -0.15) is 0 Å². The molecule has 24 heavy (non-hydrogen) atoms. The second-order valence-electron chi connectivity index (χ2n) is 7.94. The topological polar surface area (TPSA) is 47.9 Å². The van der Waals surface area contributed by atoms with Crippen LogP contribution in [0.25, 0.3) is 0 Å². The molecule has 0 saturated heterocycles. The van der Waals surface area contributed by atoms with Gasteiger partial charge in [0, 0.05) is 0 Å². The van der Waals surface area contributed by atoms with Gasteiger partial charge in [0.05, 0.1) is 33.0 Å². The van der Waals surface area contributed by atoms with E-state index in [4.69, 9.17) is 19.3 Å². The predicted octanol–water partition coefficient (Wildman–Crippen LogP) is 3.80. The molecule has 0 aliphatic rings. The maximum Gasteiger partial charge on any atom is 0.119 e. The third-order valence-corrected chi connectivity index (χ3v) is 3.71. The van der Waals surface area contributed by atoms with Gasteiger partial charge >= 0.3 is 0 Å². The van der Waals surface area contributed by atoms with Crippen LogP contribution >= 0.6 is 0 Å². The number of ether oxygens (including phenoxy) is 3.